The number of carboxylic acids is 1. The van der Waals surface area contributed by atoms with Gasteiger partial charge in [0.15, 0.2) is 0 Å². The summed E-state index contributed by atoms with van der Waals surface area (Å²) < 4.78 is 12.8. The predicted molar refractivity (Wildman–Crippen MR) is 142 cm³/mol. The normalized spacial score (nSPS) is 10.6. The maximum absolute atomic E-state index is 13.0. The third-order valence-corrected chi connectivity index (χ3v) is 9.13. The first-order valence-electron chi connectivity index (χ1n) is 8.30. The van der Waals surface area contributed by atoms with E-state index in [9.17, 15) is 14.7 Å². The molecule has 3 aromatic rings. The summed E-state index contributed by atoms with van der Waals surface area (Å²) in [5.41, 5.74) is 1.82. The topological polar surface area (TPSA) is 84.9 Å². The predicted octanol–water partition coefficient (Wildman–Crippen LogP) is 6.20. The summed E-state index contributed by atoms with van der Waals surface area (Å²) >= 11 is 7.49. The van der Waals surface area contributed by atoms with Gasteiger partial charge < -0.3 is 19.9 Å². The number of carbonyl (C=O) groups is 2. The largest absolute Gasteiger partial charge is 0.497 e. The summed E-state index contributed by atoms with van der Waals surface area (Å²) in [4.78, 5) is 25.0. The molecule has 156 valence electrons. The zero-order valence-electron chi connectivity index (χ0n) is 15.6. The lowest BCUT2D eigenvalue weighted by molar-refractivity contribution is 0.0699. The van der Waals surface area contributed by atoms with Crippen LogP contribution < -0.4 is 14.8 Å². The highest BCUT2D eigenvalue weighted by Crippen LogP contribution is 2.38. The van der Waals surface area contributed by atoms with Crippen LogP contribution >= 0.6 is 79.1 Å². The van der Waals surface area contributed by atoms with E-state index in [0.29, 0.717) is 22.6 Å². The Bertz CT molecular complexity index is 1130. The number of amides is 1. The van der Waals surface area contributed by atoms with Crippen LogP contribution in [0.5, 0.6) is 11.5 Å². The van der Waals surface area contributed by atoms with Crippen LogP contribution in [0.2, 0.25) is 0 Å². The van der Waals surface area contributed by atoms with Crippen LogP contribution in [0.25, 0.3) is 11.1 Å². The van der Waals surface area contributed by atoms with Crippen molar-refractivity contribution >= 4 is 96.0 Å². The number of thiophene rings is 1. The third-order valence-electron chi connectivity index (χ3n) is 4.21. The zero-order chi connectivity index (χ0) is 22.0. The second kappa shape index (κ2) is 9.99. The molecule has 10 heteroatoms. The van der Waals surface area contributed by atoms with Gasteiger partial charge in [0, 0.05) is 18.1 Å². The maximum Gasteiger partial charge on any atom is 0.339 e. The van der Waals surface area contributed by atoms with Crippen LogP contribution in [0.1, 0.15) is 20.7 Å². The molecule has 2 aromatic carbocycles. The van der Waals surface area contributed by atoms with E-state index < -0.39 is 5.97 Å². The van der Waals surface area contributed by atoms with Crippen molar-refractivity contribution in [2.24, 2.45) is 0 Å². The highest BCUT2D eigenvalue weighted by Gasteiger charge is 2.25. The van der Waals surface area contributed by atoms with Crippen molar-refractivity contribution in [3.8, 4) is 22.6 Å². The average Bonchev–Trinajstić information content (AvgIpc) is 3.14. The number of benzene rings is 2. The van der Waals surface area contributed by atoms with Gasteiger partial charge in [-0.3, -0.25) is 4.79 Å². The summed E-state index contributed by atoms with van der Waals surface area (Å²) in [6.45, 7) is 0. The molecule has 0 spiro atoms. The molecule has 0 fully saturated rings. The molecule has 0 unspecified atom stereocenters. The summed E-state index contributed by atoms with van der Waals surface area (Å²) in [7, 11) is 3.15. The Morgan fingerprint density at radius 2 is 1.67 bits per heavy atom. The van der Waals surface area contributed by atoms with E-state index in [4.69, 9.17) is 9.47 Å². The van der Waals surface area contributed by atoms with E-state index in [1.807, 2.05) is 0 Å². The molecular formula is C20H14I3NO5S. The molecule has 0 saturated heterocycles. The van der Waals surface area contributed by atoms with Gasteiger partial charge in [-0.25, -0.2) is 4.79 Å². The van der Waals surface area contributed by atoms with Crippen LogP contribution in [0.4, 0.5) is 5.00 Å². The zero-order valence-corrected chi connectivity index (χ0v) is 22.9. The highest BCUT2D eigenvalue weighted by molar-refractivity contribution is 14.1. The van der Waals surface area contributed by atoms with Crippen molar-refractivity contribution in [1.29, 1.82) is 0 Å². The average molecular weight is 761 g/mol. The van der Waals surface area contributed by atoms with Crippen LogP contribution in [0.15, 0.2) is 35.7 Å². The summed E-state index contributed by atoms with van der Waals surface area (Å²) in [6, 6.07) is 8.89. The van der Waals surface area contributed by atoms with Crippen molar-refractivity contribution in [3.05, 3.63) is 57.5 Å². The number of aromatic carboxylic acids is 1. The Morgan fingerprint density at radius 1 is 1.00 bits per heavy atom. The SMILES string of the molecule is COc1ccc(-c2csc(NC(=O)c3c(I)cc(OC)c(I)c3I)c2C(=O)O)cc1. The summed E-state index contributed by atoms with van der Waals surface area (Å²) in [5, 5.41) is 14.6. The van der Waals surface area contributed by atoms with E-state index in [1.54, 1.807) is 49.9 Å². The minimum atomic E-state index is -1.11. The molecule has 0 aliphatic carbocycles. The number of carbonyl (C=O) groups excluding carboxylic acids is 1. The van der Waals surface area contributed by atoms with Gasteiger partial charge in [0.05, 0.1) is 23.4 Å². The lowest BCUT2D eigenvalue weighted by atomic mass is 10.0. The molecule has 0 atom stereocenters. The van der Waals surface area contributed by atoms with Gasteiger partial charge in [-0.05, 0) is 91.5 Å². The fraction of sp³-hybridized carbons (Fsp3) is 0.100. The van der Waals surface area contributed by atoms with Crippen molar-refractivity contribution < 1.29 is 24.2 Å². The second-order valence-corrected chi connectivity index (χ2v) is 10.1. The van der Waals surface area contributed by atoms with Gasteiger partial charge in [0.25, 0.3) is 5.91 Å². The lowest BCUT2D eigenvalue weighted by Crippen LogP contribution is -2.17. The number of rotatable bonds is 6. The molecule has 1 amide bonds. The Kier molecular flexibility index (Phi) is 7.84. The number of hydrogen-bond acceptors (Lipinski definition) is 5. The molecule has 6 nitrogen and oxygen atoms in total. The summed E-state index contributed by atoms with van der Waals surface area (Å²) in [6.07, 6.45) is 0. The van der Waals surface area contributed by atoms with Gasteiger partial charge in [-0.2, -0.15) is 0 Å². The Morgan fingerprint density at radius 3 is 2.23 bits per heavy atom. The first-order valence-corrected chi connectivity index (χ1v) is 12.4. The van der Waals surface area contributed by atoms with Crippen molar-refractivity contribution in [3.63, 3.8) is 0 Å². The maximum atomic E-state index is 13.0. The number of ether oxygens (including phenoxy) is 2. The first-order chi connectivity index (χ1) is 14.3. The van der Waals surface area contributed by atoms with Crippen LogP contribution in [-0.2, 0) is 0 Å². The molecule has 0 saturated carbocycles. The molecular weight excluding hydrogens is 747 g/mol. The highest BCUT2D eigenvalue weighted by atomic mass is 127. The quantitative estimate of drug-likeness (QED) is 0.231. The van der Waals surface area contributed by atoms with Crippen molar-refractivity contribution in [2.75, 3.05) is 19.5 Å². The second-order valence-electron chi connectivity index (χ2n) is 5.90. The van der Waals surface area contributed by atoms with Gasteiger partial charge in [-0.15, -0.1) is 11.3 Å². The van der Waals surface area contributed by atoms with Crippen molar-refractivity contribution in [2.45, 2.75) is 0 Å². The third kappa shape index (κ3) is 4.70. The smallest absolute Gasteiger partial charge is 0.339 e. The molecule has 1 heterocycles. The van der Waals surface area contributed by atoms with Gasteiger partial charge in [0.1, 0.15) is 22.1 Å². The minimum absolute atomic E-state index is 0.0618. The minimum Gasteiger partial charge on any atom is -0.497 e. The number of anilines is 1. The monoisotopic (exact) mass is 761 g/mol. The van der Waals surface area contributed by atoms with Crippen molar-refractivity contribution in [1.82, 2.24) is 0 Å². The van der Waals surface area contributed by atoms with E-state index in [1.165, 1.54) is 11.3 Å². The fourth-order valence-corrected chi connectivity index (χ4v) is 6.46. The summed E-state index contributed by atoms with van der Waals surface area (Å²) in [5.74, 6) is -0.108. The van der Waals surface area contributed by atoms with Gasteiger partial charge in [0.2, 0.25) is 0 Å². The Balaban J connectivity index is 2.00. The van der Waals surface area contributed by atoms with E-state index in [-0.39, 0.29) is 16.5 Å². The van der Waals surface area contributed by atoms with E-state index in [0.717, 1.165) is 16.3 Å². The van der Waals surface area contributed by atoms with Crippen LogP contribution in [0.3, 0.4) is 0 Å². The molecule has 0 radical (unpaired) electrons. The Hall–Kier alpha value is -1.13. The molecule has 3 rings (SSSR count). The molecule has 30 heavy (non-hydrogen) atoms. The Labute approximate surface area is 217 Å². The first kappa shape index (κ1) is 23.5. The molecule has 1 aromatic heterocycles. The van der Waals surface area contributed by atoms with Crippen LogP contribution in [-0.4, -0.2) is 31.2 Å². The molecule has 0 bridgehead atoms. The number of halogens is 3. The number of carboxylic acid groups (broad SMARTS) is 1. The van der Waals surface area contributed by atoms with Gasteiger partial charge in [-0.1, -0.05) is 12.1 Å². The fourth-order valence-electron chi connectivity index (χ4n) is 2.74. The van der Waals surface area contributed by atoms with E-state index >= 15 is 0 Å². The molecule has 0 aliphatic heterocycles. The number of hydrogen-bond donors (Lipinski definition) is 2. The van der Waals surface area contributed by atoms with Gasteiger partial charge >= 0.3 is 5.97 Å². The standard InChI is InChI=1S/C20H14I3NO5S/c1-28-10-5-3-9(4-6-10)11-8-30-19(14(11)20(26)27)24-18(25)15-12(21)7-13(29-2)16(22)17(15)23/h3-8H,1-2H3,(H,24,25)(H,26,27). The number of methoxy groups -OCH3 is 2. The number of nitrogens with one attached hydrogen (secondary N) is 1. The van der Waals surface area contributed by atoms with Crippen LogP contribution in [0, 0.1) is 10.7 Å². The lowest BCUT2D eigenvalue weighted by Gasteiger charge is -2.13. The molecule has 0 aliphatic rings. The van der Waals surface area contributed by atoms with E-state index in [2.05, 4.69) is 73.1 Å². The molecule has 2 N–H and O–H groups in total.